The minimum Gasteiger partial charge on any atom is -0.506 e. The number of hydrogen-bond donors (Lipinski definition) is 1. The zero-order valence-electron chi connectivity index (χ0n) is 20.9. The van der Waals surface area contributed by atoms with Crippen LogP contribution in [0.4, 0.5) is 0 Å². The Hall–Kier alpha value is -2.43. The van der Waals surface area contributed by atoms with Gasteiger partial charge in [-0.05, 0) is 73.7 Å². The standard InChI is InChI=1S/C30H38ClN3O/c1-2-34(19-17-23-8-4-3-5-9-23)22-25-11-6-12-26(20-25)28-16-18-32-30(33-28)13-7-10-24-14-15-29(35)27(31)21-24/h6,11-12,14-16,18,20-21,23,35H,2-5,7-10,13,17,19,22H2,1H3. The van der Waals surface area contributed by atoms with Gasteiger partial charge in [0.05, 0.1) is 10.7 Å². The fourth-order valence-electron chi connectivity index (χ4n) is 5.11. The largest absolute Gasteiger partial charge is 0.506 e. The van der Waals surface area contributed by atoms with Crippen LogP contribution in [0.5, 0.6) is 5.75 Å². The lowest BCUT2D eigenvalue weighted by Crippen LogP contribution is -2.26. The molecule has 1 fully saturated rings. The zero-order chi connectivity index (χ0) is 24.5. The lowest BCUT2D eigenvalue weighted by Gasteiger charge is -2.26. The van der Waals surface area contributed by atoms with E-state index in [9.17, 15) is 5.11 Å². The molecule has 0 radical (unpaired) electrons. The number of benzene rings is 2. The maximum absolute atomic E-state index is 9.59. The number of nitrogens with zero attached hydrogens (tertiary/aromatic N) is 3. The topological polar surface area (TPSA) is 49.2 Å². The molecule has 1 aromatic heterocycles. The molecule has 4 nitrogen and oxygen atoms in total. The van der Waals surface area contributed by atoms with Gasteiger partial charge in [-0.2, -0.15) is 0 Å². The Balaban J connectivity index is 1.33. The quantitative estimate of drug-likeness (QED) is 0.302. The smallest absolute Gasteiger partial charge is 0.134 e. The molecule has 1 aliphatic carbocycles. The van der Waals surface area contributed by atoms with Crippen molar-refractivity contribution in [3.63, 3.8) is 0 Å². The number of aromatic nitrogens is 2. The molecule has 3 aromatic rings. The van der Waals surface area contributed by atoms with E-state index >= 15 is 0 Å². The summed E-state index contributed by atoms with van der Waals surface area (Å²) >= 11 is 6.03. The monoisotopic (exact) mass is 491 g/mol. The molecule has 0 amide bonds. The third kappa shape index (κ3) is 7.78. The Bertz CT molecular complexity index is 1080. The fourth-order valence-corrected chi connectivity index (χ4v) is 5.32. The molecule has 1 saturated carbocycles. The van der Waals surface area contributed by atoms with Crippen molar-refractivity contribution in [2.45, 2.75) is 71.3 Å². The first kappa shape index (κ1) is 25.7. The minimum atomic E-state index is 0.125. The van der Waals surface area contributed by atoms with Crippen LogP contribution < -0.4 is 0 Å². The van der Waals surface area contributed by atoms with E-state index in [1.54, 1.807) is 6.07 Å². The molecule has 186 valence electrons. The molecule has 4 rings (SSSR count). The molecule has 1 N–H and O–H groups in total. The van der Waals surface area contributed by atoms with Gasteiger partial charge in [0.2, 0.25) is 0 Å². The molecule has 0 atom stereocenters. The summed E-state index contributed by atoms with van der Waals surface area (Å²) in [6, 6.07) is 16.2. The number of aromatic hydroxyl groups is 1. The molecule has 1 aliphatic rings. The summed E-state index contributed by atoms with van der Waals surface area (Å²) in [5.74, 6) is 1.91. The Morgan fingerprint density at radius 1 is 1.00 bits per heavy atom. The highest BCUT2D eigenvalue weighted by Crippen LogP contribution is 2.27. The van der Waals surface area contributed by atoms with E-state index in [0.717, 1.165) is 60.9 Å². The van der Waals surface area contributed by atoms with Gasteiger partial charge in [-0.1, -0.05) is 74.9 Å². The third-order valence-electron chi connectivity index (χ3n) is 7.24. The number of phenols is 1. The van der Waals surface area contributed by atoms with Gasteiger partial charge in [0, 0.05) is 24.7 Å². The second kappa shape index (κ2) is 13.0. The van der Waals surface area contributed by atoms with Crippen LogP contribution in [0.2, 0.25) is 5.02 Å². The van der Waals surface area contributed by atoms with Gasteiger partial charge >= 0.3 is 0 Å². The highest BCUT2D eigenvalue weighted by atomic mass is 35.5. The summed E-state index contributed by atoms with van der Waals surface area (Å²) in [7, 11) is 0. The predicted octanol–water partition coefficient (Wildman–Crippen LogP) is 7.47. The Morgan fingerprint density at radius 3 is 2.66 bits per heavy atom. The van der Waals surface area contributed by atoms with Crippen LogP contribution in [0.1, 0.15) is 68.8 Å². The maximum Gasteiger partial charge on any atom is 0.134 e. The van der Waals surface area contributed by atoms with Gasteiger partial charge < -0.3 is 5.11 Å². The second-order valence-electron chi connectivity index (χ2n) is 9.86. The van der Waals surface area contributed by atoms with Gasteiger partial charge in [-0.15, -0.1) is 0 Å². The molecule has 0 spiro atoms. The van der Waals surface area contributed by atoms with Crippen LogP contribution in [-0.2, 0) is 19.4 Å². The van der Waals surface area contributed by atoms with E-state index in [0.29, 0.717) is 5.02 Å². The van der Waals surface area contributed by atoms with Gasteiger partial charge in [-0.3, -0.25) is 4.90 Å². The molecule has 0 unspecified atom stereocenters. The van der Waals surface area contributed by atoms with Gasteiger partial charge in [0.15, 0.2) is 0 Å². The highest BCUT2D eigenvalue weighted by Gasteiger charge is 2.15. The minimum absolute atomic E-state index is 0.125. The normalized spacial score (nSPS) is 14.5. The van der Waals surface area contributed by atoms with Crippen molar-refractivity contribution in [2.75, 3.05) is 13.1 Å². The number of aryl methyl sites for hydroxylation is 2. The molecule has 2 aromatic carbocycles. The van der Waals surface area contributed by atoms with Crippen molar-refractivity contribution in [2.24, 2.45) is 5.92 Å². The van der Waals surface area contributed by atoms with Crippen molar-refractivity contribution < 1.29 is 5.11 Å². The number of hydrogen-bond acceptors (Lipinski definition) is 4. The molecule has 0 aliphatic heterocycles. The summed E-state index contributed by atoms with van der Waals surface area (Å²) in [6.45, 7) is 5.54. The molecular formula is C30H38ClN3O. The summed E-state index contributed by atoms with van der Waals surface area (Å²) in [6.07, 6.45) is 12.9. The molecule has 5 heteroatoms. The summed E-state index contributed by atoms with van der Waals surface area (Å²) in [5.41, 5.74) is 4.59. The second-order valence-corrected chi connectivity index (χ2v) is 10.3. The van der Waals surface area contributed by atoms with Gasteiger partial charge in [-0.25, -0.2) is 9.97 Å². The lowest BCUT2D eigenvalue weighted by atomic mass is 9.87. The Morgan fingerprint density at radius 2 is 1.86 bits per heavy atom. The lowest BCUT2D eigenvalue weighted by molar-refractivity contribution is 0.234. The van der Waals surface area contributed by atoms with Crippen molar-refractivity contribution in [3.05, 3.63) is 76.7 Å². The van der Waals surface area contributed by atoms with E-state index in [1.807, 2.05) is 24.4 Å². The number of halogens is 1. The fraction of sp³-hybridized carbons (Fsp3) is 0.467. The van der Waals surface area contributed by atoms with E-state index < -0.39 is 0 Å². The SMILES string of the molecule is CCN(CCC1CCCCC1)Cc1cccc(-c2ccnc(CCCc3ccc(O)c(Cl)c3)n2)c1. The molecule has 35 heavy (non-hydrogen) atoms. The van der Waals surface area contributed by atoms with Crippen molar-refractivity contribution in [3.8, 4) is 17.0 Å². The van der Waals surface area contributed by atoms with Crippen LogP contribution in [0.15, 0.2) is 54.7 Å². The zero-order valence-corrected chi connectivity index (χ0v) is 21.7. The highest BCUT2D eigenvalue weighted by molar-refractivity contribution is 6.32. The van der Waals surface area contributed by atoms with E-state index in [2.05, 4.69) is 41.1 Å². The third-order valence-corrected chi connectivity index (χ3v) is 7.54. The van der Waals surface area contributed by atoms with Crippen molar-refractivity contribution in [1.29, 1.82) is 0 Å². The average molecular weight is 492 g/mol. The van der Waals surface area contributed by atoms with Gasteiger partial charge in [0.1, 0.15) is 11.6 Å². The first-order valence-electron chi connectivity index (χ1n) is 13.2. The summed E-state index contributed by atoms with van der Waals surface area (Å²) in [5, 5.41) is 9.99. The number of phenolic OH excluding ortho intramolecular Hbond substituents is 1. The summed E-state index contributed by atoms with van der Waals surface area (Å²) < 4.78 is 0. The first-order chi connectivity index (χ1) is 17.1. The molecular weight excluding hydrogens is 454 g/mol. The van der Waals surface area contributed by atoms with Crippen molar-refractivity contribution in [1.82, 2.24) is 14.9 Å². The van der Waals surface area contributed by atoms with E-state index in [1.165, 1.54) is 50.6 Å². The van der Waals surface area contributed by atoms with Crippen LogP contribution in [0.25, 0.3) is 11.3 Å². The van der Waals surface area contributed by atoms with Gasteiger partial charge in [0.25, 0.3) is 0 Å². The Kier molecular flexibility index (Phi) is 9.56. The predicted molar refractivity (Wildman–Crippen MR) is 145 cm³/mol. The Labute approximate surface area is 215 Å². The van der Waals surface area contributed by atoms with Crippen LogP contribution in [0.3, 0.4) is 0 Å². The molecule has 1 heterocycles. The van der Waals surface area contributed by atoms with Crippen LogP contribution >= 0.6 is 11.6 Å². The maximum atomic E-state index is 9.59. The summed E-state index contributed by atoms with van der Waals surface area (Å²) in [4.78, 5) is 11.9. The molecule has 0 bridgehead atoms. The first-order valence-corrected chi connectivity index (χ1v) is 13.6. The average Bonchev–Trinajstić information content (AvgIpc) is 2.89. The van der Waals surface area contributed by atoms with Crippen molar-refractivity contribution >= 4 is 11.6 Å². The van der Waals surface area contributed by atoms with E-state index in [-0.39, 0.29) is 5.75 Å². The molecule has 0 saturated heterocycles. The number of rotatable bonds is 11. The van der Waals surface area contributed by atoms with Crippen LogP contribution in [-0.4, -0.2) is 33.1 Å². The van der Waals surface area contributed by atoms with E-state index in [4.69, 9.17) is 16.6 Å². The van der Waals surface area contributed by atoms with Crippen LogP contribution in [0, 0.1) is 5.92 Å².